The zero-order valence-corrected chi connectivity index (χ0v) is 11.3. The molecule has 0 aromatic carbocycles. The molecule has 3 heterocycles. The summed E-state index contributed by atoms with van der Waals surface area (Å²) in [7, 11) is 1.80. The van der Waals surface area contributed by atoms with Crippen LogP contribution in [0.1, 0.15) is 5.56 Å². The monoisotopic (exact) mass is 272 g/mol. The molecule has 7 heteroatoms. The molecule has 0 aliphatic heterocycles. The predicted molar refractivity (Wildman–Crippen MR) is 73.4 cm³/mol. The van der Waals surface area contributed by atoms with Gasteiger partial charge in [0.25, 0.3) is 0 Å². The van der Waals surface area contributed by atoms with Crippen LogP contribution in [-0.4, -0.2) is 31.6 Å². The number of hydrogen-bond donors (Lipinski definition) is 1. The lowest BCUT2D eigenvalue weighted by atomic mass is 10.4. The summed E-state index contributed by atoms with van der Waals surface area (Å²) in [6.45, 7) is 1.98. The summed E-state index contributed by atoms with van der Waals surface area (Å²) in [5.41, 5.74) is 1.84. The average molecular weight is 272 g/mol. The summed E-state index contributed by atoms with van der Waals surface area (Å²) < 4.78 is 1.94. The summed E-state index contributed by atoms with van der Waals surface area (Å²) in [5, 5.41) is 12.9. The third-order valence-corrected chi connectivity index (χ3v) is 3.69. The van der Waals surface area contributed by atoms with Crippen molar-refractivity contribution in [2.45, 2.75) is 17.1 Å². The minimum atomic E-state index is 0.599. The SMILES string of the molecule is CNc1ncc(C)c(Sc2nnc3ccccn23)n1. The van der Waals surface area contributed by atoms with Gasteiger partial charge >= 0.3 is 0 Å². The number of hydrogen-bond acceptors (Lipinski definition) is 6. The van der Waals surface area contributed by atoms with Crippen LogP contribution in [0.3, 0.4) is 0 Å². The molecule has 96 valence electrons. The summed E-state index contributed by atoms with van der Waals surface area (Å²) in [5.74, 6) is 0.599. The maximum atomic E-state index is 4.43. The first-order valence-electron chi connectivity index (χ1n) is 5.77. The van der Waals surface area contributed by atoms with Gasteiger partial charge in [-0.15, -0.1) is 10.2 Å². The third kappa shape index (κ3) is 2.24. The van der Waals surface area contributed by atoms with Gasteiger partial charge in [-0.25, -0.2) is 9.97 Å². The molecular weight excluding hydrogens is 260 g/mol. The summed E-state index contributed by atoms with van der Waals surface area (Å²) >= 11 is 1.48. The molecule has 6 nitrogen and oxygen atoms in total. The summed E-state index contributed by atoms with van der Waals surface area (Å²) in [6, 6.07) is 5.81. The molecule has 3 aromatic rings. The van der Waals surface area contributed by atoms with Gasteiger partial charge in [-0.1, -0.05) is 6.07 Å². The predicted octanol–water partition coefficient (Wildman–Crippen LogP) is 2.02. The first-order valence-corrected chi connectivity index (χ1v) is 6.58. The van der Waals surface area contributed by atoms with E-state index < -0.39 is 0 Å². The van der Waals surface area contributed by atoms with Crippen LogP contribution in [0.25, 0.3) is 5.65 Å². The van der Waals surface area contributed by atoms with Crippen molar-refractivity contribution in [2.75, 3.05) is 12.4 Å². The van der Waals surface area contributed by atoms with Crippen LogP contribution < -0.4 is 5.32 Å². The lowest BCUT2D eigenvalue weighted by Gasteiger charge is -2.05. The number of aryl methyl sites for hydroxylation is 1. The maximum Gasteiger partial charge on any atom is 0.223 e. The van der Waals surface area contributed by atoms with Crippen molar-refractivity contribution < 1.29 is 0 Å². The standard InChI is InChI=1S/C12H12N6S/c1-8-7-14-11(13-2)15-10(8)19-12-17-16-9-5-3-4-6-18(9)12/h3-7H,1-2H3,(H,13,14,15). The van der Waals surface area contributed by atoms with E-state index in [1.165, 1.54) is 11.8 Å². The minimum absolute atomic E-state index is 0.599. The van der Waals surface area contributed by atoms with Crippen LogP contribution >= 0.6 is 11.8 Å². The molecule has 1 N–H and O–H groups in total. The molecule has 0 aliphatic rings. The Hall–Kier alpha value is -2.15. The summed E-state index contributed by atoms with van der Waals surface area (Å²) in [6.07, 6.45) is 3.73. The molecule has 3 aromatic heterocycles. The third-order valence-electron chi connectivity index (χ3n) is 2.62. The van der Waals surface area contributed by atoms with E-state index in [-0.39, 0.29) is 0 Å². The molecule has 0 atom stereocenters. The van der Waals surface area contributed by atoms with Crippen molar-refractivity contribution in [3.63, 3.8) is 0 Å². The zero-order valence-electron chi connectivity index (χ0n) is 10.5. The number of nitrogens with one attached hydrogen (secondary N) is 1. The van der Waals surface area contributed by atoms with E-state index in [9.17, 15) is 0 Å². The molecule has 0 saturated carbocycles. The minimum Gasteiger partial charge on any atom is -0.357 e. The first-order chi connectivity index (χ1) is 9.28. The van der Waals surface area contributed by atoms with E-state index in [4.69, 9.17) is 0 Å². The van der Waals surface area contributed by atoms with Gasteiger partial charge in [-0.3, -0.25) is 4.40 Å². The van der Waals surface area contributed by atoms with Gasteiger partial charge in [0.2, 0.25) is 11.1 Å². The second kappa shape index (κ2) is 4.85. The fourth-order valence-corrected chi connectivity index (χ4v) is 2.48. The summed E-state index contributed by atoms with van der Waals surface area (Å²) in [4.78, 5) is 8.60. The van der Waals surface area contributed by atoms with Crippen molar-refractivity contribution in [1.82, 2.24) is 24.6 Å². The van der Waals surface area contributed by atoms with Gasteiger partial charge in [0.15, 0.2) is 5.65 Å². The molecule has 0 saturated heterocycles. The number of pyridine rings is 1. The van der Waals surface area contributed by atoms with E-state index in [0.717, 1.165) is 21.4 Å². The first kappa shape index (κ1) is 11.9. The number of aromatic nitrogens is 5. The number of fused-ring (bicyclic) bond motifs is 1. The van der Waals surface area contributed by atoms with Crippen LogP contribution in [0.5, 0.6) is 0 Å². The van der Waals surface area contributed by atoms with E-state index >= 15 is 0 Å². The Kier molecular flexibility index (Phi) is 3.04. The number of rotatable bonds is 3. The van der Waals surface area contributed by atoms with Crippen molar-refractivity contribution in [3.8, 4) is 0 Å². The fourth-order valence-electron chi connectivity index (χ4n) is 1.63. The second-order valence-corrected chi connectivity index (χ2v) is 4.90. The molecule has 19 heavy (non-hydrogen) atoms. The second-order valence-electron chi connectivity index (χ2n) is 3.95. The Morgan fingerprint density at radius 2 is 2.16 bits per heavy atom. The van der Waals surface area contributed by atoms with Gasteiger partial charge in [0.05, 0.1) is 0 Å². The maximum absolute atomic E-state index is 4.43. The highest BCUT2D eigenvalue weighted by Gasteiger charge is 2.10. The van der Waals surface area contributed by atoms with Crippen molar-refractivity contribution in [2.24, 2.45) is 0 Å². The Bertz CT molecular complexity index is 723. The Labute approximate surface area is 114 Å². The van der Waals surface area contributed by atoms with Crippen molar-refractivity contribution in [1.29, 1.82) is 0 Å². The molecule has 0 spiro atoms. The average Bonchev–Trinajstić information content (AvgIpc) is 2.85. The fraction of sp³-hybridized carbons (Fsp3) is 0.167. The van der Waals surface area contributed by atoms with E-state index in [1.807, 2.05) is 35.7 Å². The number of nitrogens with zero attached hydrogens (tertiary/aromatic N) is 5. The van der Waals surface area contributed by atoms with Crippen molar-refractivity contribution in [3.05, 3.63) is 36.2 Å². The van der Waals surface area contributed by atoms with Crippen LogP contribution in [-0.2, 0) is 0 Å². The largest absolute Gasteiger partial charge is 0.357 e. The lowest BCUT2D eigenvalue weighted by molar-refractivity contribution is 0.911. The Balaban J connectivity index is 2.01. The molecular formula is C12H12N6S. The topological polar surface area (TPSA) is 68.0 Å². The van der Waals surface area contributed by atoms with Gasteiger partial charge in [0.1, 0.15) is 5.03 Å². The van der Waals surface area contributed by atoms with Crippen LogP contribution in [0.2, 0.25) is 0 Å². The lowest BCUT2D eigenvalue weighted by Crippen LogP contribution is -1.99. The van der Waals surface area contributed by atoms with Crippen LogP contribution in [0, 0.1) is 6.92 Å². The van der Waals surface area contributed by atoms with E-state index in [0.29, 0.717) is 5.95 Å². The Morgan fingerprint density at radius 1 is 1.26 bits per heavy atom. The van der Waals surface area contributed by atoms with Gasteiger partial charge in [-0.05, 0) is 30.8 Å². The van der Waals surface area contributed by atoms with Crippen molar-refractivity contribution >= 4 is 23.4 Å². The normalized spacial score (nSPS) is 10.8. The highest BCUT2D eigenvalue weighted by Crippen LogP contribution is 2.27. The molecule has 0 fully saturated rings. The Morgan fingerprint density at radius 3 is 3.00 bits per heavy atom. The number of anilines is 1. The highest BCUT2D eigenvalue weighted by atomic mass is 32.2. The molecule has 0 radical (unpaired) electrons. The molecule has 0 bridgehead atoms. The van der Waals surface area contributed by atoms with E-state index in [1.54, 1.807) is 13.2 Å². The molecule has 0 unspecified atom stereocenters. The van der Waals surface area contributed by atoms with Crippen LogP contribution in [0.15, 0.2) is 40.8 Å². The van der Waals surface area contributed by atoms with Gasteiger partial charge < -0.3 is 5.32 Å². The molecule has 3 rings (SSSR count). The van der Waals surface area contributed by atoms with Gasteiger partial charge in [-0.2, -0.15) is 0 Å². The molecule has 0 aliphatic carbocycles. The quantitative estimate of drug-likeness (QED) is 0.736. The highest BCUT2D eigenvalue weighted by molar-refractivity contribution is 7.99. The molecule has 0 amide bonds. The zero-order chi connectivity index (χ0) is 13.2. The van der Waals surface area contributed by atoms with Crippen LogP contribution in [0.4, 0.5) is 5.95 Å². The van der Waals surface area contributed by atoms with E-state index in [2.05, 4.69) is 25.5 Å². The van der Waals surface area contributed by atoms with Gasteiger partial charge in [0, 0.05) is 25.0 Å². The smallest absolute Gasteiger partial charge is 0.223 e.